The van der Waals surface area contributed by atoms with Gasteiger partial charge in [0.2, 0.25) is 11.8 Å². The Hall–Kier alpha value is -1.88. The Labute approximate surface area is 125 Å². The van der Waals surface area contributed by atoms with Crippen molar-refractivity contribution < 1.29 is 9.59 Å². The normalized spacial score (nSPS) is 15.0. The Bertz CT molecular complexity index is 503. The second-order valence-electron chi connectivity index (χ2n) is 5.78. The highest BCUT2D eigenvalue weighted by molar-refractivity contribution is 5.88. The summed E-state index contributed by atoms with van der Waals surface area (Å²) in [5, 5.41) is 5.63. The number of fused-ring (bicyclic) bond motifs is 1. The lowest BCUT2D eigenvalue weighted by atomic mass is 10.0. The molecule has 2 N–H and O–H groups in total. The highest BCUT2D eigenvalue weighted by Crippen LogP contribution is 2.23. The molecule has 0 aliphatic carbocycles. The van der Waals surface area contributed by atoms with E-state index < -0.39 is 6.04 Å². The molecular formula is C16H23N3O2. The van der Waals surface area contributed by atoms with Gasteiger partial charge in [-0.05, 0) is 24.1 Å². The summed E-state index contributed by atoms with van der Waals surface area (Å²) < 4.78 is 0. The number of carbonyl (C=O) groups is 2. The van der Waals surface area contributed by atoms with Gasteiger partial charge in [0.1, 0.15) is 6.04 Å². The number of amides is 2. The lowest BCUT2D eigenvalue weighted by Crippen LogP contribution is -2.51. The Morgan fingerprint density at radius 1 is 1.19 bits per heavy atom. The minimum atomic E-state index is -0.472. The van der Waals surface area contributed by atoms with Gasteiger partial charge in [-0.25, -0.2) is 0 Å². The van der Waals surface area contributed by atoms with Gasteiger partial charge in [-0.1, -0.05) is 38.1 Å². The molecule has 5 heteroatoms. The van der Waals surface area contributed by atoms with Crippen LogP contribution in [0.25, 0.3) is 0 Å². The second-order valence-corrected chi connectivity index (χ2v) is 5.78. The molecule has 0 bridgehead atoms. The molecule has 2 rings (SSSR count). The van der Waals surface area contributed by atoms with E-state index in [2.05, 4.69) is 10.6 Å². The second kappa shape index (κ2) is 6.72. The highest BCUT2D eigenvalue weighted by atomic mass is 16.2. The van der Waals surface area contributed by atoms with Crippen LogP contribution in [0.4, 0.5) is 0 Å². The predicted molar refractivity (Wildman–Crippen MR) is 81.4 cm³/mol. The molecule has 2 amide bonds. The number of hydrogen-bond acceptors (Lipinski definition) is 3. The average molecular weight is 289 g/mol. The van der Waals surface area contributed by atoms with Crippen LogP contribution < -0.4 is 10.6 Å². The zero-order valence-electron chi connectivity index (χ0n) is 12.8. The van der Waals surface area contributed by atoms with Crippen LogP contribution >= 0.6 is 0 Å². The van der Waals surface area contributed by atoms with E-state index in [9.17, 15) is 9.59 Å². The van der Waals surface area contributed by atoms with Crippen molar-refractivity contribution in [2.45, 2.75) is 33.0 Å². The minimum Gasteiger partial charge on any atom is -0.343 e. The number of nitrogens with zero attached hydrogens (tertiary/aromatic N) is 1. The topological polar surface area (TPSA) is 61.4 Å². The number of hydrogen-bond donors (Lipinski definition) is 2. The molecule has 5 nitrogen and oxygen atoms in total. The van der Waals surface area contributed by atoms with Crippen molar-refractivity contribution in [3.63, 3.8) is 0 Å². The maximum atomic E-state index is 12.7. The molecule has 0 fully saturated rings. The van der Waals surface area contributed by atoms with Crippen molar-refractivity contribution in [3.05, 3.63) is 35.4 Å². The Kier molecular flexibility index (Phi) is 4.96. The van der Waals surface area contributed by atoms with E-state index in [0.29, 0.717) is 13.1 Å². The minimum absolute atomic E-state index is 0.00865. The van der Waals surface area contributed by atoms with Crippen LogP contribution in [0.1, 0.15) is 25.0 Å². The van der Waals surface area contributed by atoms with Gasteiger partial charge < -0.3 is 15.5 Å². The molecule has 0 spiro atoms. The lowest BCUT2D eigenvalue weighted by molar-refractivity contribution is -0.138. The number of likely N-dealkylation sites (N-methyl/N-ethyl adjacent to an activating group) is 1. The first-order valence-corrected chi connectivity index (χ1v) is 7.32. The summed E-state index contributed by atoms with van der Waals surface area (Å²) in [4.78, 5) is 26.3. The number of rotatable bonds is 5. The van der Waals surface area contributed by atoms with Gasteiger partial charge in [0.15, 0.2) is 0 Å². The fourth-order valence-corrected chi connectivity index (χ4v) is 2.58. The van der Waals surface area contributed by atoms with Crippen LogP contribution in [0.3, 0.4) is 0 Å². The van der Waals surface area contributed by atoms with Crippen LogP contribution in [0.5, 0.6) is 0 Å². The summed E-state index contributed by atoms with van der Waals surface area (Å²) in [5.41, 5.74) is 2.38. The average Bonchev–Trinajstić information content (AvgIpc) is 2.88. The van der Waals surface area contributed by atoms with Gasteiger partial charge >= 0.3 is 0 Å². The highest BCUT2D eigenvalue weighted by Gasteiger charge is 2.31. The molecule has 1 atom stereocenters. The molecule has 1 aromatic rings. The monoisotopic (exact) mass is 289 g/mol. The fourth-order valence-electron chi connectivity index (χ4n) is 2.58. The Balaban J connectivity index is 2.05. The largest absolute Gasteiger partial charge is 0.343 e. The van der Waals surface area contributed by atoms with E-state index in [1.54, 1.807) is 7.05 Å². The molecular weight excluding hydrogens is 266 g/mol. The van der Waals surface area contributed by atoms with Crippen LogP contribution in [-0.2, 0) is 22.7 Å². The lowest BCUT2D eigenvalue weighted by Gasteiger charge is -2.26. The quantitative estimate of drug-likeness (QED) is 0.846. The summed E-state index contributed by atoms with van der Waals surface area (Å²) in [5.74, 6) is -0.103. The summed E-state index contributed by atoms with van der Waals surface area (Å²) >= 11 is 0. The first-order chi connectivity index (χ1) is 10.0. The van der Waals surface area contributed by atoms with Crippen LogP contribution in [0, 0.1) is 5.92 Å². The Morgan fingerprint density at radius 3 is 2.24 bits per heavy atom. The fraction of sp³-hybridized carbons (Fsp3) is 0.500. The molecule has 1 aliphatic rings. The van der Waals surface area contributed by atoms with Gasteiger partial charge in [0, 0.05) is 13.1 Å². The van der Waals surface area contributed by atoms with E-state index in [-0.39, 0.29) is 24.3 Å². The molecule has 21 heavy (non-hydrogen) atoms. The Morgan fingerprint density at radius 2 is 1.76 bits per heavy atom. The molecule has 0 saturated carbocycles. The van der Waals surface area contributed by atoms with Gasteiger partial charge in [0.25, 0.3) is 0 Å². The molecule has 1 aliphatic heterocycles. The van der Waals surface area contributed by atoms with E-state index >= 15 is 0 Å². The number of nitrogens with one attached hydrogen (secondary N) is 2. The molecule has 0 saturated heterocycles. The van der Waals surface area contributed by atoms with Gasteiger partial charge in [-0.2, -0.15) is 0 Å². The molecule has 1 heterocycles. The third kappa shape index (κ3) is 3.61. The third-order valence-corrected chi connectivity index (χ3v) is 3.74. The van der Waals surface area contributed by atoms with Crippen molar-refractivity contribution in [1.82, 2.24) is 15.5 Å². The van der Waals surface area contributed by atoms with Crippen molar-refractivity contribution in [2.24, 2.45) is 5.92 Å². The van der Waals surface area contributed by atoms with Gasteiger partial charge in [-0.3, -0.25) is 9.59 Å². The zero-order valence-corrected chi connectivity index (χ0v) is 12.8. The molecule has 114 valence electrons. The van der Waals surface area contributed by atoms with Crippen molar-refractivity contribution >= 4 is 11.8 Å². The van der Waals surface area contributed by atoms with Gasteiger partial charge in [-0.15, -0.1) is 0 Å². The maximum Gasteiger partial charge on any atom is 0.246 e. The summed E-state index contributed by atoms with van der Waals surface area (Å²) in [7, 11) is 1.71. The molecule has 0 aromatic heterocycles. The number of carbonyl (C=O) groups excluding carboxylic acids is 2. The molecule has 0 radical (unpaired) electrons. The SMILES string of the molecule is CNCC(=O)NC(C(=O)N1Cc2ccccc2C1)C(C)C. The standard InChI is InChI=1S/C16H23N3O2/c1-11(2)15(18-14(20)8-17-3)16(21)19-9-12-6-4-5-7-13(12)10-19/h4-7,11,15,17H,8-10H2,1-3H3,(H,18,20). The van der Waals surface area contributed by atoms with E-state index in [1.807, 2.05) is 43.0 Å². The molecule has 1 aromatic carbocycles. The first kappa shape index (κ1) is 15.5. The van der Waals surface area contributed by atoms with Crippen LogP contribution in [0.2, 0.25) is 0 Å². The van der Waals surface area contributed by atoms with Crippen LogP contribution in [0.15, 0.2) is 24.3 Å². The van der Waals surface area contributed by atoms with Crippen molar-refractivity contribution in [2.75, 3.05) is 13.6 Å². The van der Waals surface area contributed by atoms with E-state index in [0.717, 1.165) is 0 Å². The van der Waals surface area contributed by atoms with Crippen molar-refractivity contribution in [1.29, 1.82) is 0 Å². The third-order valence-electron chi connectivity index (χ3n) is 3.74. The predicted octanol–water partition coefficient (Wildman–Crippen LogP) is 0.889. The first-order valence-electron chi connectivity index (χ1n) is 7.32. The maximum absolute atomic E-state index is 12.7. The number of benzene rings is 1. The molecule has 1 unspecified atom stereocenters. The van der Waals surface area contributed by atoms with E-state index in [1.165, 1.54) is 11.1 Å². The summed E-state index contributed by atoms with van der Waals surface area (Å²) in [6.45, 7) is 5.37. The summed E-state index contributed by atoms with van der Waals surface area (Å²) in [6.07, 6.45) is 0. The van der Waals surface area contributed by atoms with Crippen molar-refractivity contribution in [3.8, 4) is 0 Å². The van der Waals surface area contributed by atoms with E-state index in [4.69, 9.17) is 0 Å². The van der Waals surface area contributed by atoms with Crippen LogP contribution in [-0.4, -0.2) is 36.3 Å². The summed E-state index contributed by atoms with van der Waals surface area (Å²) in [6, 6.07) is 7.60. The zero-order chi connectivity index (χ0) is 15.4. The van der Waals surface area contributed by atoms with Gasteiger partial charge in [0.05, 0.1) is 6.54 Å². The smallest absolute Gasteiger partial charge is 0.246 e.